The lowest BCUT2D eigenvalue weighted by Gasteiger charge is -2.11. The molecule has 0 radical (unpaired) electrons. The van der Waals surface area contributed by atoms with Crippen molar-refractivity contribution in [1.29, 1.82) is 0 Å². The maximum atomic E-state index is 12.3. The normalized spacial score (nSPS) is 10.9. The molecular formula is C24H23NO2. The first-order valence-electron chi connectivity index (χ1n) is 9.03. The van der Waals surface area contributed by atoms with Crippen LogP contribution in [0.25, 0.3) is 6.08 Å². The minimum absolute atomic E-state index is 0.202. The maximum absolute atomic E-state index is 12.3. The summed E-state index contributed by atoms with van der Waals surface area (Å²) in [4.78, 5) is 12.3. The third-order valence-electron chi connectivity index (χ3n) is 4.15. The van der Waals surface area contributed by atoms with Crippen LogP contribution in [0.15, 0.2) is 84.9 Å². The van der Waals surface area contributed by atoms with E-state index in [1.54, 1.807) is 6.08 Å². The van der Waals surface area contributed by atoms with Gasteiger partial charge in [0.15, 0.2) is 5.75 Å². The van der Waals surface area contributed by atoms with E-state index in [0.717, 1.165) is 11.3 Å². The number of hydrogen-bond acceptors (Lipinski definition) is 2. The molecule has 0 saturated carbocycles. The highest BCUT2D eigenvalue weighted by Gasteiger charge is 2.06. The van der Waals surface area contributed by atoms with Crippen molar-refractivity contribution in [3.8, 4) is 11.5 Å². The van der Waals surface area contributed by atoms with Crippen LogP contribution in [0.5, 0.6) is 11.5 Å². The second-order valence-electron chi connectivity index (χ2n) is 6.56. The van der Waals surface area contributed by atoms with Gasteiger partial charge >= 0.3 is 0 Å². The third-order valence-corrected chi connectivity index (χ3v) is 4.15. The fourth-order valence-corrected chi connectivity index (χ4v) is 2.61. The van der Waals surface area contributed by atoms with Gasteiger partial charge in [-0.25, -0.2) is 0 Å². The van der Waals surface area contributed by atoms with E-state index >= 15 is 0 Å². The molecule has 0 aliphatic heterocycles. The highest BCUT2D eigenvalue weighted by Crippen LogP contribution is 2.29. The van der Waals surface area contributed by atoms with Crippen molar-refractivity contribution < 1.29 is 9.53 Å². The van der Waals surface area contributed by atoms with Gasteiger partial charge in [0.25, 0.3) is 0 Å². The number of ether oxygens (including phenoxy) is 1. The Morgan fingerprint density at radius 2 is 1.56 bits per heavy atom. The summed E-state index contributed by atoms with van der Waals surface area (Å²) in [5, 5.41) is 2.88. The predicted molar refractivity (Wildman–Crippen MR) is 111 cm³/mol. The molecule has 0 bridgehead atoms. The molecule has 0 heterocycles. The van der Waals surface area contributed by atoms with Crippen molar-refractivity contribution >= 4 is 17.7 Å². The summed E-state index contributed by atoms with van der Waals surface area (Å²) in [6, 6.07) is 25.1. The first-order valence-corrected chi connectivity index (χ1v) is 9.03. The topological polar surface area (TPSA) is 38.3 Å². The second kappa shape index (κ2) is 8.86. The first-order chi connectivity index (χ1) is 13.1. The van der Waals surface area contributed by atoms with E-state index in [9.17, 15) is 4.79 Å². The Hall–Kier alpha value is -3.33. The minimum atomic E-state index is -0.202. The Morgan fingerprint density at radius 1 is 0.889 bits per heavy atom. The van der Waals surface area contributed by atoms with E-state index in [-0.39, 0.29) is 5.91 Å². The summed E-state index contributed by atoms with van der Waals surface area (Å²) in [7, 11) is 0. The smallest absolute Gasteiger partial charge is 0.248 e. The number of rotatable bonds is 6. The first kappa shape index (κ1) is 18.5. The molecule has 0 aromatic heterocycles. The van der Waals surface area contributed by atoms with Crippen LogP contribution >= 0.6 is 0 Å². The Labute approximate surface area is 160 Å². The summed E-state index contributed by atoms with van der Waals surface area (Å²) in [5.41, 5.74) is 2.90. The molecule has 3 heteroatoms. The lowest BCUT2D eigenvalue weighted by Crippen LogP contribution is -2.08. The lowest BCUT2D eigenvalue weighted by molar-refractivity contribution is -0.111. The van der Waals surface area contributed by atoms with Crippen molar-refractivity contribution in [2.24, 2.45) is 0 Å². The highest BCUT2D eigenvalue weighted by molar-refractivity contribution is 6.02. The summed E-state index contributed by atoms with van der Waals surface area (Å²) < 4.78 is 5.87. The van der Waals surface area contributed by atoms with Gasteiger partial charge in [0, 0.05) is 6.08 Å². The van der Waals surface area contributed by atoms with Gasteiger partial charge in [-0.1, -0.05) is 68.4 Å². The Balaban J connectivity index is 1.67. The zero-order valence-electron chi connectivity index (χ0n) is 15.6. The van der Waals surface area contributed by atoms with Crippen LogP contribution in [0.1, 0.15) is 30.9 Å². The number of carbonyl (C=O) groups excluding carboxylic acids is 1. The molecule has 1 amide bonds. The van der Waals surface area contributed by atoms with E-state index in [4.69, 9.17) is 4.74 Å². The number of nitrogens with one attached hydrogen (secondary N) is 1. The second-order valence-corrected chi connectivity index (χ2v) is 6.56. The molecule has 0 aliphatic rings. The largest absolute Gasteiger partial charge is 0.455 e. The average Bonchev–Trinajstić information content (AvgIpc) is 2.69. The van der Waals surface area contributed by atoms with Crippen LogP contribution in [0, 0.1) is 0 Å². The zero-order valence-corrected chi connectivity index (χ0v) is 15.6. The molecule has 0 aliphatic carbocycles. The summed E-state index contributed by atoms with van der Waals surface area (Å²) in [6.45, 7) is 4.32. The van der Waals surface area contributed by atoms with Crippen LogP contribution in [0.4, 0.5) is 5.69 Å². The maximum Gasteiger partial charge on any atom is 0.248 e. The number of carbonyl (C=O) groups is 1. The molecule has 136 valence electrons. The number of para-hydroxylation sites is 3. The zero-order chi connectivity index (χ0) is 19.1. The van der Waals surface area contributed by atoms with E-state index < -0.39 is 0 Å². The monoisotopic (exact) mass is 357 g/mol. The van der Waals surface area contributed by atoms with Crippen LogP contribution in [-0.4, -0.2) is 5.91 Å². The van der Waals surface area contributed by atoms with Crippen molar-refractivity contribution in [3.05, 3.63) is 96.1 Å². The fraction of sp³-hybridized carbons (Fsp3) is 0.125. The molecule has 0 fully saturated rings. The van der Waals surface area contributed by atoms with Crippen LogP contribution in [0.2, 0.25) is 0 Å². The van der Waals surface area contributed by atoms with Crippen LogP contribution < -0.4 is 10.1 Å². The quantitative estimate of drug-likeness (QED) is 0.529. The van der Waals surface area contributed by atoms with E-state index in [0.29, 0.717) is 17.4 Å². The third kappa shape index (κ3) is 5.32. The molecule has 0 unspecified atom stereocenters. The lowest BCUT2D eigenvalue weighted by atomic mass is 10.0. The van der Waals surface area contributed by atoms with E-state index in [1.807, 2.05) is 66.7 Å². The average molecular weight is 357 g/mol. The fourth-order valence-electron chi connectivity index (χ4n) is 2.61. The Kier molecular flexibility index (Phi) is 6.06. The van der Waals surface area contributed by atoms with Gasteiger partial charge in [0.1, 0.15) is 5.75 Å². The van der Waals surface area contributed by atoms with Gasteiger partial charge < -0.3 is 10.1 Å². The summed E-state index contributed by atoms with van der Waals surface area (Å²) in [5.74, 6) is 1.62. The molecule has 1 N–H and O–H groups in total. The Morgan fingerprint density at radius 3 is 2.26 bits per heavy atom. The summed E-state index contributed by atoms with van der Waals surface area (Å²) in [6.07, 6.45) is 3.34. The SMILES string of the molecule is CC(C)c1ccc(C=CC(=O)Nc2ccccc2Oc2ccccc2)cc1. The van der Waals surface area contributed by atoms with E-state index in [1.165, 1.54) is 11.6 Å². The van der Waals surface area contributed by atoms with Crippen molar-refractivity contribution in [2.75, 3.05) is 5.32 Å². The van der Waals surface area contributed by atoms with Gasteiger partial charge in [-0.15, -0.1) is 0 Å². The van der Waals surface area contributed by atoms with Crippen LogP contribution in [-0.2, 0) is 4.79 Å². The molecule has 3 rings (SSSR count). The van der Waals surface area contributed by atoms with Gasteiger partial charge in [-0.2, -0.15) is 0 Å². The molecule has 3 aromatic carbocycles. The highest BCUT2D eigenvalue weighted by atomic mass is 16.5. The van der Waals surface area contributed by atoms with Gasteiger partial charge in [-0.3, -0.25) is 4.79 Å². The van der Waals surface area contributed by atoms with Gasteiger partial charge in [0.2, 0.25) is 5.91 Å². The molecule has 3 nitrogen and oxygen atoms in total. The van der Waals surface area contributed by atoms with Gasteiger partial charge in [-0.05, 0) is 47.4 Å². The Bertz CT molecular complexity index is 913. The van der Waals surface area contributed by atoms with E-state index in [2.05, 4.69) is 31.3 Å². The standard InChI is InChI=1S/C24H23NO2/c1-18(2)20-15-12-19(13-16-20)14-17-24(26)25-22-10-6-7-11-23(22)27-21-8-4-3-5-9-21/h3-18H,1-2H3,(H,25,26). The molecule has 27 heavy (non-hydrogen) atoms. The van der Waals surface area contributed by atoms with Crippen molar-refractivity contribution in [1.82, 2.24) is 0 Å². The van der Waals surface area contributed by atoms with Crippen molar-refractivity contribution in [2.45, 2.75) is 19.8 Å². The number of amides is 1. The number of benzene rings is 3. The molecule has 3 aromatic rings. The number of anilines is 1. The predicted octanol–water partition coefficient (Wildman–Crippen LogP) is 6.25. The summed E-state index contributed by atoms with van der Waals surface area (Å²) >= 11 is 0. The molecule has 0 saturated heterocycles. The van der Waals surface area contributed by atoms with Crippen LogP contribution in [0.3, 0.4) is 0 Å². The molecular weight excluding hydrogens is 334 g/mol. The van der Waals surface area contributed by atoms with Crippen molar-refractivity contribution in [3.63, 3.8) is 0 Å². The minimum Gasteiger partial charge on any atom is -0.455 e. The molecule has 0 atom stereocenters. The molecule has 0 spiro atoms. The number of hydrogen-bond donors (Lipinski definition) is 1. The van der Waals surface area contributed by atoms with Gasteiger partial charge in [0.05, 0.1) is 5.69 Å².